The van der Waals surface area contributed by atoms with Crippen molar-refractivity contribution in [3.8, 4) is 74.7 Å². The largest absolute Gasteiger partial charge is 0.474 e. The van der Waals surface area contributed by atoms with Crippen molar-refractivity contribution in [1.82, 2.24) is 29.7 Å². The van der Waals surface area contributed by atoms with Crippen molar-refractivity contribution in [2.45, 2.75) is 37.4 Å². The Balaban J connectivity index is 0.996. The predicted molar refractivity (Wildman–Crippen MR) is 260 cm³/mol. The van der Waals surface area contributed by atoms with E-state index in [9.17, 15) is 14.9 Å². The molecule has 2 amide bonds. The van der Waals surface area contributed by atoms with Gasteiger partial charge in [0.1, 0.15) is 76.2 Å². The summed E-state index contributed by atoms with van der Waals surface area (Å²) >= 11 is 0. The van der Waals surface area contributed by atoms with Crippen LogP contribution in [0.2, 0.25) is 0 Å². The summed E-state index contributed by atoms with van der Waals surface area (Å²) in [7, 11) is 1.64. The smallest absolute Gasteiger partial charge is 0.263 e. The quantitative estimate of drug-likeness (QED) is 0.0654. The Morgan fingerprint density at radius 1 is 0.710 bits per heavy atom. The summed E-state index contributed by atoms with van der Waals surface area (Å²) in [6.45, 7) is 9.11. The van der Waals surface area contributed by atoms with E-state index in [0.29, 0.717) is 115 Å². The van der Waals surface area contributed by atoms with Crippen LogP contribution in [-0.2, 0) is 14.3 Å². The van der Waals surface area contributed by atoms with E-state index >= 15 is 0 Å². The van der Waals surface area contributed by atoms with Gasteiger partial charge in [0.2, 0.25) is 5.88 Å². The molecule has 69 heavy (non-hydrogen) atoms. The minimum Gasteiger partial charge on any atom is -0.474 e. The Morgan fingerprint density at radius 2 is 1.28 bits per heavy atom. The Morgan fingerprint density at radius 3 is 1.88 bits per heavy atom. The molecule has 0 atom stereocenters. The van der Waals surface area contributed by atoms with Gasteiger partial charge in [-0.05, 0) is 72.5 Å². The number of rotatable bonds is 15. The van der Waals surface area contributed by atoms with Crippen LogP contribution < -0.4 is 31.0 Å². The number of likely N-dealkylation sites (tertiary alicyclic amines) is 2. The maximum atomic E-state index is 12.7. The molecular weight excluding hydrogens is 875 g/mol. The number of nitrogen functional groups attached to an aromatic ring is 2. The van der Waals surface area contributed by atoms with Crippen molar-refractivity contribution in [2.75, 3.05) is 56.6 Å². The van der Waals surface area contributed by atoms with Crippen LogP contribution in [-0.4, -0.2) is 93.1 Å². The molecule has 17 nitrogen and oxygen atoms in total. The van der Waals surface area contributed by atoms with Crippen molar-refractivity contribution >= 4 is 29.3 Å². The summed E-state index contributed by atoms with van der Waals surface area (Å²) < 4.78 is 25.0. The van der Waals surface area contributed by atoms with E-state index in [4.69, 9.17) is 45.6 Å². The number of nitrogens with one attached hydrogen (secondary N) is 1. The van der Waals surface area contributed by atoms with Gasteiger partial charge in [0.25, 0.3) is 11.8 Å². The molecule has 0 spiro atoms. The normalized spacial score (nSPS) is 14.4. The van der Waals surface area contributed by atoms with Crippen molar-refractivity contribution in [3.05, 3.63) is 134 Å². The molecular formula is C52H49N11O6. The average Bonchev–Trinajstić information content (AvgIpc) is 3.38. The highest BCUT2D eigenvalue weighted by Gasteiger charge is 2.37. The fraction of sp³-hybridized carbons (Fsp3) is 0.231. The number of para-hydroxylation sites is 1. The number of carbonyl (C=O) groups is 2. The molecule has 6 aromatic rings. The molecule has 0 radical (unpaired) electrons. The Labute approximate surface area is 399 Å². The maximum absolute atomic E-state index is 12.7. The number of hydrogen-bond donors (Lipinski definition) is 3. The molecule has 8 rings (SSSR count). The molecule has 2 saturated heterocycles. The SMILES string of the molecule is C=C(C#N)C(=O)N1CCC(Oc2nc(-c3cccc(Oc4ccc(-c5c(N)ncnc5NCC5(OC)CCN(C(=O)C(=C)C#N)CC5)cc4)c3)nc(N)c2-c2ccc(Oc3ccccc3)cc2)CC1. The Hall–Kier alpha value is -8.80. The van der Waals surface area contributed by atoms with Gasteiger partial charge in [-0.1, -0.05) is 67.8 Å². The summed E-state index contributed by atoms with van der Waals surface area (Å²) in [5.74, 6) is 3.21. The van der Waals surface area contributed by atoms with Gasteiger partial charge >= 0.3 is 0 Å². The second kappa shape index (κ2) is 20.8. The number of piperidine rings is 2. The van der Waals surface area contributed by atoms with Crippen molar-refractivity contribution < 1.29 is 28.5 Å². The predicted octanol–water partition coefficient (Wildman–Crippen LogP) is 7.97. The van der Waals surface area contributed by atoms with Crippen LogP contribution in [0.25, 0.3) is 33.6 Å². The van der Waals surface area contributed by atoms with E-state index in [1.807, 2.05) is 115 Å². The monoisotopic (exact) mass is 923 g/mol. The van der Waals surface area contributed by atoms with Gasteiger partial charge < -0.3 is 45.5 Å². The average molecular weight is 924 g/mol. The molecule has 2 aromatic heterocycles. The maximum Gasteiger partial charge on any atom is 0.263 e. The number of anilines is 3. The second-order valence-corrected chi connectivity index (χ2v) is 16.5. The highest BCUT2D eigenvalue weighted by molar-refractivity contribution is 5.97. The first kappa shape index (κ1) is 46.7. The molecule has 4 aromatic carbocycles. The van der Waals surface area contributed by atoms with Crippen molar-refractivity contribution in [1.29, 1.82) is 10.5 Å². The summed E-state index contributed by atoms with van der Waals surface area (Å²) in [5.41, 5.74) is 15.6. The number of carbonyl (C=O) groups excluding carboxylic acids is 2. The lowest BCUT2D eigenvalue weighted by Crippen LogP contribution is -2.51. The Kier molecular flexibility index (Phi) is 14.1. The lowest BCUT2D eigenvalue weighted by atomic mass is 9.90. The molecule has 5 N–H and O–H groups in total. The zero-order valence-corrected chi connectivity index (χ0v) is 37.9. The molecule has 0 aliphatic carbocycles. The number of aromatic nitrogens is 4. The van der Waals surface area contributed by atoms with E-state index < -0.39 is 5.60 Å². The van der Waals surface area contributed by atoms with Crippen LogP contribution in [0, 0.1) is 22.7 Å². The zero-order valence-electron chi connectivity index (χ0n) is 37.9. The van der Waals surface area contributed by atoms with Gasteiger partial charge in [-0.2, -0.15) is 15.5 Å². The molecule has 348 valence electrons. The van der Waals surface area contributed by atoms with Gasteiger partial charge in [0.05, 0.1) is 16.7 Å². The van der Waals surface area contributed by atoms with Gasteiger partial charge in [0.15, 0.2) is 5.82 Å². The molecule has 2 fully saturated rings. The number of methoxy groups -OCH3 is 1. The van der Waals surface area contributed by atoms with Crippen LogP contribution in [0.15, 0.2) is 134 Å². The molecule has 17 heteroatoms. The topological polar surface area (TPSA) is 241 Å². The minimum absolute atomic E-state index is 0.0900. The van der Waals surface area contributed by atoms with E-state index in [0.717, 1.165) is 5.56 Å². The fourth-order valence-electron chi connectivity index (χ4n) is 8.23. The number of hydrogen-bond acceptors (Lipinski definition) is 15. The third kappa shape index (κ3) is 10.8. The highest BCUT2D eigenvalue weighted by atomic mass is 16.5. The number of nitrogens with two attached hydrogens (primary N) is 2. The van der Waals surface area contributed by atoms with Crippen molar-refractivity contribution in [3.63, 3.8) is 0 Å². The van der Waals surface area contributed by atoms with Crippen molar-refractivity contribution in [2.24, 2.45) is 0 Å². The van der Waals surface area contributed by atoms with Crippen LogP contribution >= 0.6 is 0 Å². The van der Waals surface area contributed by atoms with Crippen LogP contribution in [0.5, 0.6) is 28.9 Å². The summed E-state index contributed by atoms with van der Waals surface area (Å²) in [5, 5.41) is 21.8. The lowest BCUT2D eigenvalue weighted by molar-refractivity contribution is -0.131. The van der Waals surface area contributed by atoms with E-state index in [2.05, 4.69) is 28.4 Å². The van der Waals surface area contributed by atoms with E-state index in [1.165, 1.54) is 6.33 Å². The molecule has 2 aliphatic rings. The van der Waals surface area contributed by atoms with Gasteiger partial charge in [-0.3, -0.25) is 9.59 Å². The third-order valence-electron chi connectivity index (χ3n) is 12.1. The summed E-state index contributed by atoms with van der Waals surface area (Å²) in [6.07, 6.45) is 3.15. The second-order valence-electron chi connectivity index (χ2n) is 16.5. The number of nitrogens with zero attached hydrogens (tertiary/aromatic N) is 8. The van der Waals surface area contributed by atoms with Gasteiger partial charge in [0, 0.05) is 58.2 Å². The first-order valence-corrected chi connectivity index (χ1v) is 22.2. The number of benzene rings is 4. The zero-order chi connectivity index (χ0) is 48.5. The number of ether oxygens (including phenoxy) is 4. The number of amides is 2. The standard InChI is InChI=1S/C52H49N11O6/c1-33(29-53)50(64)62-24-20-41(21-25-62)69-49-44(36-14-18-39(19-15-36)67-38-9-5-4-6-10-38)46(56)60-47(61-49)37-8-7-11-42(28-37)68-40-16-12-35(13-17-40)43-45(55)58-32-59-48(43)57-31-52(66-3)22-26-63(27-23-52)51(65)34(2)30-54/h4-19,28,32,41H,1-2,20-27,31H2,3H3,(H2,56,60,61)(H3,55,57,58,59). The lowest BCUT2D eigenvalue weighted by Gasteiger charge is -2.41. The summed E-state index contributed by atoms with van der Waals surface area (Å²) in [6, 6.07) is 35.2. The molecule has 0 bridgehead atoms. The van der Waals surface area contributed by atoms with Crippen LogP contribution in [0.3, 0.4) is 0 Å². The fourth-order valence-corrected chi connectivity index (χ4v) is 8.23. The molecule has 4 heterocycles. The van der Waals surface area contributed by atoms with Crippen LogP contribution in [0.4, 0.5) is 17.5 Å². The van der Waals surface area contributed by atoms with Gasteiger partial charge in [-0.25, -0.2) is 15.0 Å². The first-order valence-electron chi connectivity index (χ1n) is 22.2. The summed E-state index contributed by atoms with van der Waals surface area (Å²) in [4.78, 5) is 46.9. The Bertz CT molecular complexity index is 2950. The first-order chi connectivity index (χ1) is 33.5. The van der Waals surface area contributed by atoms with Gasteiger partial charge in [-0.15, -0.1) is 0 Å². The highest BCUT2D eigenvalue weighted by Crippen LogP contribution is 2.39. The van der Waals surface area contributed by atoms with E-state index in [1.54, 1.807) is 16.9 Å². The molecule has 0 saturated carbocycles. The molecule has 0 unspecified atom stereocenters. The number of nitriles is 2. The molecule has 2 aliphatic heterocycles. The third-order valence-corrected chi connectivity index (χ3v) is 12.1. The van der Waals surface area contributed by atoms with E-state index in [-0.39, 0.29) is 46.6 Å². The minimum atomic E-state index is -0.594. The van der Waals surface area contributed by atoms with Crippen LogP contribution in [0.1, 0.15) is 25.7 Å².